The van der Waals surface area contributed by atoms with Gasteiger partial charge in [0.15, 0.2) is 0 Å². The quantitative estimate of drug-likeness (QED) is 0.592. The third-order valence-corrected chi connectivity index (χ3v) is 3.56. The first-order chi connectivity index (χ1) is 7.95. The second kappa shape index (κ2) is 3.87. The van der Waals surface area contributed by atoms with Crippen LogP contribution in [0.25, 0.3) is 0 Å². The van der Waals surface area contributed by atoms with E-state index in [9.17, 15) is 9.59 Å². The van der Waals surface area contributed by atoms with Crippen LogP contribution in [0.4, 0.5) is 11.4 Å². The molecule has 0 bridgehead atoms. The Labute approximate surface area is 100 Å². The first-order valence-electron chi connectivity index (χ1n) is 5.68. The van der Waals surface area contributed by atoms with E-state index in [2.05, 4.69) is 0 Å². The minimum absolute atomic E-state index is 0.142. The van der Waals surface area contributed by atoms with Gasteiger partial charge in [0.25, 0.3) is 0 Å². The van der Waals surface area contributed by atoms with Crippen molar-refractivity contribution >= 4 is 23.2 Å². The lowest BCUT2D eigenvalue weighted by atomic mass is 10.00. The number of hydrogen-bond donors (Lipinski definition) is 1. The number of amides is 2. The Balaban J connectivity index is 2.51. The summed E-state index contributed by atoms with van der Waals surface area (Å²) in [7, 11) is 0. The molecule has 4 nitrogen and oxygen atoms in total. The van der Waals surface area contributed by atoms with Crippen LogP contribution in [0.3, 0.4) is 0 Å². The largest absolute Gasteiger partial charge is 0.398 e. The highest BCUT2D eigenvalue weighted by molar-refractivity contribution is 6.22. The molecule has 0 aromatic heterocycles. The van der Waals surface area contributed by atoms with Crippen LogP contribution in [0.2, 0.25) is 0 Å². The predicted molar refractivity (Wildman–Crippen MR) is 66.4 cm³/mol. The molecule has 2 amide bonds. The molecule has 2 rings (SSSR count). The Hall–Kier alpha value is -1.84. The molecule has 1 aromatic rings. The van der Waals surface area contributed by atoms with Crippen molar-refractivity contribution in [2.45, 2.75) is 20.8 Å². The smallest absolute Gasteiger partial charge is 0.237 e. The van der Waals surface area contributed by atoms with E-state index in [0.29, 0.717) is 11.4 Å². The molecule has 1 heterocycles. The highest BCUT2D eigenvalue weighted by Gasteiger charge is 2.43. The van der Waals surface area contributed by atoms with Gasteiger partial charge >= 0.3 is 0 Å². The standard InChI is InChI=1S/C13H16N2O2/c1-7-8(2)13(17)15(12(7)16)11-6-4-5-10(14)9(11)3/h4-8H,14H2,1-3H3. The van der Waals surface area contributed by atoms with Crippen LogP contribution < -0.4 is 10.6 Å². The van der Waals surface area contributed by atoms with Crippen LogP contribution in [0.5, 0.6) is 0 Å². The van der Waals surface area contributed by atoms with Gasteiger partial charge in [-0.25, -0.2) is 4.90 Å². The van der Waals surface area contributed by atoms with E-state index >= 15 is 0 Å². The molecule has 0 spiro atoms. The fourth-order valence-electron chi connectivity index (χ4n) is 2.06. The molecule has 4 heteroatoms. The van der Waals surface area contributed by atoms with E-state index < -0.39 is 0 Å². The van der Waals surface area contributed by atoms with Crippen LogP contribution in [-0.2, 0) is 9.59 Å². The Morgan fingerprint density at radius 3 is 2.18 bits per heavy atom. The molecule has 2 atom stereocenters. The number of nitrogens with two attached hydrogens (primary N) is 1. The molecule has 0 aliphatic carbocycles. The van der Waals surface area contributed by atoms with Crippen molar-refractivity contribution in [3.05, 3.63) is 23.8 Å². The van der Waals surface area contributed by atoms with Crippen molar-refractivity contribution < 1.29 is 9.59 Å². The molecule has 1 aliphatic heterocycles. The number of hydrogen-bond acceptors (Lipinski definition) is 3. The van der Waals surface area contributed by atoms with Gasteiger partial charge in [0, 0.05) is 17.5 Å². The maximum Gasteiger partial charge on any atom is 0.237 e. The molecule has 1 aromatic carbocycles. The first kappa shape index (κ1) is 11.6. The lowest BCUT2D eigenvalue weighted by molar-refractivity contribution is -0.122. The fourth-order valence-corrected chi connectivity index (χ4v) is 2.06. The number of imide groups is 1. The summed E-state index contributed by atoms with van der Waals surface area (Å²) in [5, 5.41) is 0. The van der Waals surface area contributed by atoms with Crippen molar-refractivity contribution in [3.8, 4) is 0 Å². The Morgan fingerprint density at radius 1 is 1.12 bits per heavy atom. The molecule has 0 saturated carbocycles. The van der Waals surface area contributed by atoms with Crippen molar-refractivity contribution in [2.75, 3.05) is 10.6 Å². The van der Waals surface area contributed by atoms with Gasteiger partial charge in [-0.3, -0.25) is 9.59 Å². The molecule has 1 saturated heterocycles. The number of anilines is 2. The average Bonchev–Trinajstić information content (AvgIpc) is 2.49. The minimum atomic E-state index is -0.261. The molecule has 1 aliphatic rings. The van der Waals surface area contributed by atoms with Crippen molar-refractivity contribution in [3.63, 3.8) is 0 Å². The van der Waals surface area contributed by atoms with Gasteiger partial charge in [-0.15, -0.1) is 0 Å². The molecular formula is C13H16N2O2. The average molecular weight is 232 g/mol. The van der Waals surface area contributed by atoms with Gasteiger partial charge < -0.3 is 5.73 Å². The Bertz CT molecular complexity index is 476. The number of benzene rings is 1. The zero-order valence-corrected chi connectivity index (χ0v) is 10.2. The summed E-state index contributed by atoms with van der Waals surface area (Å²) >= 11 is 0. The third kappa shape index (κ3) is 1.60. The maximum atomic E-state index is 12.1. The van der Waals surface area contributed by atoms with Crippen LogP contribution in [0, 0.1) is 18.8 Å². The Kier molecular flexibility index (Phi) is 2.65. The van der Waals surface area contributed by atoms with Crippen LogP contribution in [-0.4, -0.2) is 11.8 Å². The summed E-state index contributed by atoms with van der Waals surface area (Å²) in [5.74, 6) is -0.806. The van der Waals surface area contributed by atoms with E-state index in [1.807, 2.05) is 6.92 Å². The number of carbonyl (C=O) groups is 2. The van der Waals surface area contributed by atoms with Crippen molar-refractivity contribution in [1.82, 2.24) is 0 Å². The van der Waals surface area contributed by atoms with E-state index in [0.717, 1.165) is 5.56 Å². The highest BCUT2D eigenvalue weighted by Crippen LogP contribution is 2.33. The number of rotatable bonds is 1. The first-order valence-corrected chi connectivity index (χ1v) is 5.68. The number of nitrogen functional groups attached to an aromatic ring is 1. The Morgan fingerprint density at radius 2 is 1.65 bits per heavy atom. The third-order valence-electron chi connectivity index (χ3n) is 3.56. The van der Waals surface area contributed by atoms with E-state index in [4.69, 9.17) is 5.73 Å². The zero-order valence-electron chi connectivity index (χ0n) is 10.2. The van der Waals surface area contributed by atoms with Gasteiger partial charge in [0.05, 0.1) is 5.69 Å². The van der Waals surface area contributed by atoms with Crippen molar-refractivity contribution in [1.29, 1.82) is 0 Å². The molecular weight excluding hydrogens is 216 g/mol. The SMILES string of the molecule is Cc1c(N)cccc1N1C(=O)C(C)C(C)C1=O. The van der Waals surface area contributed by atoms with E-state index in [1.165, 1.54) is 4.90 Å². The van der Waals surface area contributed by atoms with Gasteiger partial charge in [-0.2, -0.15) is 0 Å². The summed E-state index contributed by atoms with van der Waals surface area (Å²) in [6.45, 7) is 5.39. The summed E-state index contributed by atoms with van der Waals surface area (Å²) in [5.41, 5.74) is 7.77. The number of carbonyl (C=O) groups excluding carboxylic acids is 2. The summed E-state index contributed by atoms with van der Waals surface area (Å²) in [6.07, 6.45) is 0. The lowest BCUT2D eigenvalue weighted by Crippen LogP contribution is -2.31. The van der Waals surface area contributed by atoms with Crippen LogP contribution >= 0.6 is 0 Å². The van der Waals surface area contributed by atoms with Crippen LogP contribution in [0.15, 0.2) is 18.2 Å². The minimum Gasteiger partial charge on any atom is -0.398 e. The monoisotopic (exact) mass is 232 g/mol. The van der Waals surface area contributed by atoms with Gasteiger partial charge in [-0.1, -0.05) is 19.9 Å². The molecule has 17 heavy (non-hydrogen) atoms. The maximum absolute atomic E-state index is 12.1. The lowest BCUT2D eigenvalue weighted by Gasteiger charge is -2.18. The van der Waals surface area contributed by atoms with E-state index in [1.54, 1.807) is 32.0 Å². The van der Waals surface area contributed by atoms with Gasteiger partial charge in [0.1, 0.15) is 0 Å². The van der Waals surface area contributed by atoms with Crippen molar-refractivity contribution in [2.24, 2.45) is 11.8 Å². The van der Waals surface area contributed by atoms with Crippen LogP contribution in [0.1, 0.15) is 19.4 Å². The summed E-state index contributed by atoms with van der Waals surface area (Å²) in [6, 6.07) is 5.27. The topological polar surface area (TPSA) is 63.4 Å². The fraction of sp³-hybridized carbons (Fsp3) is 0.385. The van der Waals surface area contributed by atoms with Gasteiger partial charge in [-0.05, 0) is 24.6 Å². The van der Waals surface area contributed by atoms with E-state index in [-0.39, 0.29) is 23.7 Å². The second-order valence-electron chi connectivity index (χ2n) is 4.58. The molecule has 2 N–H and O–H groups in total. The summed E-state index contributed by atoms with van der Waals surface area (Å²) in [4.78, 5) is 25.4. The second-order valence-corrected chi connectivity index (χ2v) is 4.58. The molecule has 1 fully saturated rings. The molecule has 90 valence electrons. The molecule has 2 unspecified atom stereocenters. The zero-order chi connectivity index (χ0) is 12.7. The number of nitrogens with zero attached hydrogens (tertiary/aromatic N) is 1. The predicted octanol–water partition coefficient (Wildman–Crippen LogP) is 1.72. The highest BCUT2D eigenvalue weighted by atomic mass is 16.2. The normalized spacial score (nSPS) is 24.5. The van der Waals surface area contributed by atoms with Gasteiger partial charge in [0.2, 0.25) is 11.8 Å². The molecule has 0 radical (unpaired) electrons. The summed E-state index contributed by atoms with van der Waals surface area (Å²) < 4.78 is 0.